The highest BCUT2D eigenvalue weighted by atomic mass is 16.7. The van der Waals surface area contributed by atoms with E-state index in [2.05, 4.69) is 0 Å². The lowest BCUT2D eigenvalue weighted by Gasteiger charge is -2.10. The number of nitrogens with zero attached hydrogens (tertiary/aromatic N) is 1. The lowest BCUT2D eigenvalue weighted by molar-refractivity contribution is -0.0685. The van der Waals surface area contributed by atoms with Gasteiger partial charge in [0.05, 0.1) is 6.54 Å². The maximum absolute atomic E-state index is 11.6. The summed E-state index contributed by atoms with van der Waals surface area (Å²) in [5, 5.41) is 1.12. The van der Waals surface area contributed by atoms with E-state index in [1.54, 1.807) is 12.1 Å². The van der Waals surface area contributed by atoms with Crippen molar-refractivity contribution in [2.24, 2.45) is 0 Å². The number of carbonyl (C=O) groups excluding carboxylic acids is 2. The summed E-state index contributed by atoms with van der Waals surface area (Å²) in [7, 11) is 0. The van der Waals surface area contributed by atoms with Crippen molar-refractivity contribution in [3.8, 4) is 0 Å². The van der Waals surface area contributed by atoms with E-state index in [1.165, 1.54) is 5.94 Å². The number of hydrogen-bond donors (Lipinski definition) is 0. The second kappa shape index (κ2) is 3.36. The molecule has 0 N–H and O–H groups in total. The molecule has 0 radical (unpaired) electrons. The zero-order valence-corrected chi connectivity index (χ0v) is 7.27. The van der Waals surface area contributed by atoms with Crippen molar-refractivity contribution in [3.63, 3.8) is 0 Å². The summed E-state index contributed by atoms with van der Waals surface area (Å²) in [6.45, 7) is 0.368. The van der Waals surface area contributed by atoms with Gasteiger partial charge >= 0.3 is 0 Å². The van der Waals surface area contributed by atoms with E-state index in [0.29, 0.717) is 12.1 Å². The Morgan fingerprint density at radius 2 is 2.21 bits per heavy atom. The molecule has 0 atom stereocenters. The molecule has 0 aromatic heterocycles. The average molecular weight is 189 g/mol. The van der Waals surface area contributed by atoms with E-state index in [9.17, 15) is 9.59 Å². The summed E-state index contributed by atoms with van der Waals surface area (Å²) in [6, 6.07) is 7.22. The Kier molecular flexibility index (Phi) is 2.05. The molecule has 1 aromatic carbocycles. The molecule has 0 spiro atoms. The first-order valence-corrected chi connectivity index (χ1v) is 4.09. The molecule has 0 fully saturated rings. The molecule has 0 aliphatic carbocycles. The molecule has 0 bridgehead atoms. The third kappa shape index (κ3) is 1.28. The first-order valence-electron chi connectivity index (χ1n) is 4.09. The third-order valence-electron chi connectivity index (χ3n) is 2.02. The molecule has 1 amide bonds. The molecule has 1 heterocycles. The number of carbonyl (C=O) groups is 1. The Bertz CT molecular complexity index is 421. The van der Waals surface area contributed by atoms with Gasteiger partial charge in [-0.1, -0.05) is 18.2 Å². The molecule has 1 aromatic rings. The van der Waals surface area contributed by atoms with E-state index in [1.807, 2.05) is 12.1 Å². The average Bonchev–Trinajstić information content (AvgIpc) is 2.54. The fraction of sp³-hybridized carbons (Fsp3) is 0.100. The maximum atomic E-state index is 11.6. The maximum Gasteiger partial charge on any atom is 0.287 e. The third-order valence-corrected chi connectivity index (χ3v) is 2.02. The zero-order valence-electron chi connectivity index (χ0n) is 7.27. The second-order valence-corrected chi connectivity index (χ2v) is 2.84. The van der Waals surface area contributed by atoms with Crippen LogP contribution in [-0.2, 0) is 16.2 Å². The molecule has 0 saturated heterocycles. The quantitative estimate of drug-likeness (QED) is 0.513. The van der Waals surface area contributed by atoms with Crippen molar-refractivity contribution in [2.45, 2.75) is 6.54 Å². The Labute approximate surface area is 80.3 Å². The van der Waals surface area contributed by atoms with Crippen LogP contribution in [0.2, 0.25) is 0 Å². The summed E-state index contributed by atoms with van der Waals surface area (Å²) in [5.41, 5.74) is 1.52. The van der Waals surface area contributed by atoms with E-state index in [-0.39, 0.29) is 5.91 Å². The Hall–Kier alpha value is -2.06. The Morgan fingerprint density at radius 3 is 2.93 bits per heavy atom. The Balaban J connectivity index is 2.25. The number of hydrogen-bond acceptors (Lipinski definition) is 3. The Morgan fingerprint density at radius 1 is 1.43 bits per heavy atom. The van der Waals surface area contributed by atoms with Crippen LogP contribution < -0.4 is 0 Å². The van der Waals surface area contributed by atoms with Crippen LogP contribution in [0, 0.1) is 0 Å². The second-order valence-electron chi connectivity index (χ2n) is 2.84. The minimum Gasteiger partial charge on any atom is -0.372 e. The first-order chi connectivity index (χ1) is 6.83. The molecular weight excluding hydrogens is 182 g/mol. The number of amides is 1. The van der Waals surface area contributed by atoms with E-state index in [0.717, 1.165) is 16.9 Å². The molecule has 2 rings (SSSR count). The van der Waals surface area contributed by atoms with Gasteiger partial charge in [0, 0.05) is 5.56 Å². The first kappa shape index (κ1) is 8.53. The fourth-order valence-electron chi connectivity index (χ4n) is 1.40. The summed E-state index contributed by atoms with van der Waals surface area (Å²) in [4.78, 5) is 26.2. The van der Waals surface area contributed by atoms with Gasteiger partial charge < -0.3 is 4.84 Å². The normalized spacial score (nSPS) is 13.4. The molecule has 1 aliphatic rings. The number of benzene rings is 1. The lowest BCUT2D eigenvalue weighted by Crippen LogP contribution is -2.21. The summed E-state index contributed by atoms with van der Waals surface area (Å²) in [6.07, 6.45) is 0.823. The molecule has 0 saturated carbocycles. The van der Waals surface area contributed by atoms with Crippen molar-refractivity contribution in [3.05, 3.63) is 41.7 Å². The molecular formula is C10H7NO3. The summed E-state index contributed by atoms with van der Waals surface area (Å²) < 4.78 is 0. The highest BCUT2D eigenvalue weighted by Crippen LogP contribution is 2.22. The van der Waals surface area contributed by atoms with Crippen molar-refractivity contribution in [1.82, 2.24) is 5.06 Å². The summed E-state index contributed by atoms with van der Waals surface area (Å²) >= 11 is 0. The standard InChI is InChI=1S/C10H7NO3/c12-5-6-14-11-7-8-3-1-2-4-9(8)10(11)13/h1-4,6H,7H2. The van der Waals surface area contributed by atoms with Crippen LogP contribution in [0.3, 0.4) is 0 Å². The monoisotopic (exact) mass is 189 g/mol. The van der Waals surface area contributed by atoms with Gasteiger partial charge in [-0.15, -0.1) is 0 Å². The van der Waals surface area contributed by atoms with Gasteiger partial charge in [-0.05, 0) is 11.6 Å². The van der Waals surface area contributed by atoms with Crippen LogP contribution >= 0.6 is 0 Å². The summed E-state index contributed by atoms with van der Waals surface area (Å²) in [5.74, 6) is 1.22. The minimum absolute atomic E-state index is 0.230. The van der Waals surface area contributed by atoms with Crippen molar-refractivity contribution in [2.75, 3.05) is 0 Å². The van der Waals surface area contributed by atoms with Gasteiger partial charge in [-0.3, -0.25) is 4.79 Å². The van der Waals surface area contributed by atoms with Crippen molar-refractivity contribution >= 4 is 11.8 Å². The van der Waals surface area contributed by atoms with Crippen LogP contribution in [0.4, 0.5) is 0 Å². The molecule has 4 nitrogen and oxygen atoms in total. The predicted molar refractivity (Wildman–Crippen MR) is 47.7 cm³/mol. The molecule has 1 aliphatic heterocycles. The number of hydroxylamine groups is 2. The molecule has 4 heteroatoms. The minimum atomic E-state index is -0.230. The zero-order chi connectivity index (χ0) is 9.97. The van der Waals surface area contributed by atoms with Crippen molar-refractivity contribution < 1.29 is 14.4 Å². The van der Waals surface area contributed by atoms with Gasteiger partial charge in [-0.2, -0.15) is 5.06 Å². The van der Waals surface area contributed by atoms with Crippen molar-refractivity contribution in [1.29, 1.82) is 0 Å². The van der Waals surface area contributed by atoms with E-state index >= 15 is 0 Å². The predicted octanol–water partition coefficient (Wildman–Crippen LogP) is 0.919. The van der Waals surface area contributed by atoms with Gasteiger partial charge in [0.25, 0.3) is 5.91 Å². The highest BCUT2D eigenvalue weighted by molar-refractivity contribution is 5.97. The molecule has 0 unspecified atom stereocenters. The van der Waals surface area contributed by atoms with Crippen LogP contribution in [-0.4, -0.2) is 16.9 Å². The van der Waals surface area contributed by atoms with Crippen LogP contribution in [0.1, 0.15) is 15.9 Å². The number of rotatable bonds is 2. The van der Waals surface area contributed by atoms with Crippen LogP contribution in [0.5, 0.6) is 0 Å². The molecule has 70 valence electrons. The topological polar surface area (TPSA) is 46.6 Å². The van der Waals surface area contributed by atoms with Crippen LogP contribution in [0.25, 0.3) is 0 Å². The molecule has 14 heavy (non-hydrogen) atoms. The largest absolute Gasteiger partial charge is 0.372 e. The lowest BCUT2D eigenvalue weighted by atomic mass is 10.1. The fourth-order valence-corrected chi connectivity index (χ4v) is 1.40. The van der Waals surface area contributed by atoms with Crippen LogP contribution in [0.15, 0.2) is 30.5 Å². The van der Waals surface area contributed by atoms with Gasteiger partial charge in [-0.25, -0.2) is 4.79 Å². The van der Waals surface area contributed by atoms with E-state index in [4.69, 9.17) is 4.84 Å². The highest BCUT2D eigenvalue weighted by Gasteiger charge is 2.27. The van der Waals surface area contributed by atoms with Gasteiger partial charge in [0.15, 0.2) is 5.94 Å². The van der Waals surface area contributed by atoms with E-state index < -0.39 is 0 Å². The van der Waals surface area contributed by atoms with Gasteiger partial charge in [0.1, 0.15) is 0 Å². The number of fused-ring (bicyclic) bond motifs is 1. The van der Waals surface area contributed by atoms with Gasteiger partial charge in [0.2, 0.25) is 6.26 Å². The SMILES string of the molecule is O=C=CON1Cc2ccccc2C1=O. The smallest absolute Gasteiger partial charge is 0.287 e.